The van der Waals surface area contributed by atoms with E-state index < -0.39 is 7.82 Å². The van der Waals surface area contributed by atoms with Crippen molar-refractivity contribution in [2.75, 3.05) is 109 Å². The van der Waals surface area contributed by atoms with Crippen molar-refractivity contribution in [3.63, 3.8) is 0 Å². The Kier molecular flexibility index (Phi) is 27.6. The Balaban J connectivity index is -0.000000225. The number of nitrogens with one attached hydrogen (secondary N) is 1. The summed E-state index contributed by atoms with van der Waals surface area (Å²) in [5.41, 5.74) is 6.38. The van der Waals surface area contributed by atoms with Crippen molar-refractivity contribution in [1.82, 2.24) is 9.97 Å². The van der Waals surface area contributed by atoms with Gasteiger partial charge in [-0.1, -0.05) is 0 Å². The van der Waals surface area contributed by atoms with Crippen molar-refractivity contribution in [2.45, 2.75) is 27.2 Å². The van der Waals surface area contributed by atoms with Gasteiger partial charge in [-0.25, -0.2) is 4.98 Å². The Hall–Kier alpha value is -2.43. The number of H-pyrrole nitrogens is 1. The lowest BCUT2D eigenvalue weighted by atomic mass is 10.3. The molecule has 0 aliphatic carbocycles. The molecular weight excluding hydrogens is 587 g/mol. The molecule has 0 bridgehead atoms. The minimum Gasteiger partial charge on any atom is -0.822 e. The number of nitrogens with zero attached hydrogens (tertiary/aromatic N) is 4. The number of esters is 3. The van der Waals surface area contributed by atoms with Crippen LogP contribution in [0.2, 0.25) is 0 Å². The first-order valence-electron chi connectivity index (χ1n) is 13.4. The second kappa shape index (κ2) is 25.0. The molecular formula is C26H57N6O10P. The Morgan fingerprint density at radius 1 is 0.744 bits per heavy atom. The number of hydrogen-bond acceptors (Lipinski definition) is 12. The van der Waals surface area contributed by atoms with Crippen LogP contribution in [0.3, 0.4) is 0 Å². The number of hydrogen-bond donors (Lipinski definition) is 2. The zero-order valence-corrected chi connectivity index (χ0v) is 29.1. The average Bonchev–Trinajstić information content (AvgIpc) is 3.24. The van der Waals surface area contributed by atoms with Gasteiger partial charge in [0.15, 0.2) is 0 Å². The smallest absolute Gasteiger partial charge is 0.302 e. The summed E-state index contributed by atoms with van der Waals surface area (Å²) < 4.78 is 25.3. The number of imidazole rings is 1. The molecule has 0 unspecified atom stereocenters. The maximum Gasteiger partial charge on any atom is 0.302 e. The van der Waals surface area contributed by atoms with Crippen LogP contribution in [0.1, 0.15) is 26.5 Å². The van der Waals surface area contributed by atoms with E-state index in [9.17, 15) is 14.4 Å². The lowest BCUT2D eigenvalue weighted by Gasteiger charge is -2.36. The molecule has 0 aliphatic heterocycles. The predicted octanol–water partition coefficient (Wildman–Crippen LogP) is -2.15. The number of quaternary nitrogens is 3. The number of ether oxygens (including phenoxy) is 3. The van der Waals surface area contributed by atoms with Crippen molar-refractivity contribution >= 4 is 25.7 Å². The van der Waals surface area contributed by atoms with E-state index in [1.54, 1.807) is 12.5 Å². The number of carbonyl (C=O) groups excluding carboxylic acids is 3. The van der Waals surface area contributed by atoms with Gasteiger partial charge in [0, 0.05) is 39.1 Å². The van der Waals surface area contributed by atoms with Crippen LogP contribution in [-0.2, 0) is 39.6 Å². The molecule has 0 aromatic carbocycles. The van der Waals surface area contributed by atoms with Gasteiger partial charge in [-0.3, -0.25) is 14.4 Å². The van der Waals surface area contributed by atoms with Crippen LogP contribution in [0.4, 0.5) is 0 Å². The summed E-state index contributed by atoms with van der Waals surface area (Å²) in [6.07, 6.45) is 4.33. The molecule has 256 valence electrons. The first-order chi connectivity index (χ1) is 19.2. The highest BCUT2D eigenvalue weighted by atomic mass is 31.2. The average molecular weight is 645 g/mol. The lowest BCUT2D eigenvalue weighted by molar-refractivity contribution is -0.870. The summed E-state index contributed by atoms with van der Waals surface area (Å²) >= 11 is 0. The number of phosphoric acid groups is 1. The number of nitrogens with two attached hydrogens (primary N) is 1. The number of aromatic amines is 1. The maximum atomic E-state index is 10.3. The van der Waals surface area contributed by atoms with Gasteiger partial charge < -0.3 is 57.6 Å². The molecule has 1 aromatic rings. The van der Waals surface area contributed by atoms with Crippen molar-refractivity contribution in [1.29, 1.82) is 0 Å². The van der Waals surface area contributed by atoms with E-state index in [0.29, 0.717) is 26.4 Å². The number of rotatable bonds is 11. The van der Waals surface area contributed by atoms with E-state index in [1.807, 2.05) is 0 Å². The standard InChI is InChI=1S/3C7H16NO2.C5H9N3.H3O4P/c3*1-7(9)10-6-5-8(2,3)4;6-2-1-5-3-7-4-8-5;1-5(2,3)4/h3*5-6H2,1-4H3;3-4H,1-2,6H2,(H,7,8);(H3,1,2,3,4)/q3*+1;;/p-3. The second-order valence-corrected chi connectivity index (χ2v) is 13.0. The molecule has 0 saturated heterocycles. The van der Waals surface area contributed by atoms with Crippen LogP contribution in [0.25, 0.3) is 0 Å². The summed E-state index contributed by atoms with van der Waals surface area (Å²) in [6, 6.07) is 0. The molecule has 1 heterocycles. The molecule has 0 atom stereocenters. The van der Waals surface area contributed by atoms with Crippen molar-refractivity contribution in [3.8, 4) is 0 Å². The largest absolute Gasteiger partial charge is 0.822 e. The van der Waals surface area contributed by atoms with Gasteiger partial charge >= 0.3 is 17.9 Å². The molecule has 0 spiro atoms. The van der Waals surface area contributed by atoms with Crippen LogP contribution in [-0.4, -0.2) is 151 Å². The fraction of sp³-hybridized carbons (Fsp3) is 0.769. The van der Waals surface area contributed by atoms with Gasteiger partial charge in [-0.2, -0.15) is 7.82 Å². The molecule has 3 N–H and O–H groups in total. The molecule has 17 heteroatoms. The van der Waals surface area contributed by atoms with E-state index >= 15 is 0 Å². The molecule has 16 nitrogen and oxygen atoms in total. The minimum absolute atomic E-state index is 0.201. The van der Waals surface area contributed by atoms with Gasteiger partial charge in [-0.05, 0) is 6.54 Å². The molecule has 0 fully saturated rings. The summed E-state index contributed by atoms with van der Waals surface area (Å²) in [5.74, 6) is -0.602. The quantitative estimate of drug-likeness (QED) is 0.114. The monoisotopic (exact) mass is 644 g/mol. The van der Waals surface area contributed by atoms with Gasteiger partial charge in [-0.15, -0.1) is 0 Å². The van der Waals surface area contributed by atoms with Gasteiger partial charge in [0.2, 0.25) is 0 Å². The van der Waals surface area contributed by atoms with Gasteiger partial charge in [0.05, 0.1) is 69.8 Å². The molecule has 43 heavy (non-hydrogen) atoms. The van der Waals surface area contributed by atoms with E-state index in [1.165, 1.54) is 20.8 Å². The van der Waals surface area contributed by atoms with Crippen LogP contribution in [0.15, 0.2) is 12.5 Å². The second-order valence-electron chi connectivity index (χ2n) is 12.1. The molecule has 1 rings (SSSR count). The highest BCUT2D eigenvalue weighted by Gasteiger charge is 2.08. The van der Waals surface area contributed by atoms with Crippen LogP contribution in [0.5, 0.6) is 0 Å². The first-order valence-corrected chi connectivity index (χ1v) is 14.9. The fourth-order valence-electron chi connectivity index (χ4n) is 1.97. The molecule has 0 saturated carbocycles. The topological polar surface area (TPSA) is 220 Å². The van der Waals surface area contributed by atoms with E-state index in [-0.39, 0.29) is 17.9 Å². The normalized spacial score (nSPS) is 11.0. The Labute approximate surface area is 257 Å². The first kappa shape index (κ1) is 47.5. The third kappa shape index (κ3) is 68.4. The summed E-state index contributed by atoms with van der Waals surface area (Å²) in [5, 5.41) is 0. The lowest BCUT2D eigenvalue weighted by Crippen LogP contribution is -2.37. The minimum atomic E-state index is -5.39. The Morgan fingerprint density at radius 3 is 1.19 bits per heavy atom. The number of aromatic nitrogens is 2. The highest BCUT2D eigenvalue weighted by Crippen LogP contribution is 2.03. The molecule has 0 amide bonds. The van der Waals surface area contributed by atoms with Crippen LogP contribution in [0, 0.1) is 0 Å². The third-order valence-corrected chi connectivity index (χ3v) is 4.17. The highest BCUT2D eigenvalue weighted by molar-refractivity contribution is 7.40. The number of carbonyl (C=O) groups is 3. The third-order valence-electron chi connectivity index (χ3n) is 4.17. The van der Waals surface area contributed by atoms with E-state index in [0.717, 1.165) is 45.2 Å². The van der Waals surface area contributed by atoms with Crippen molar-refractivity contribution in [3.05, 3.63) is 18.2 Å². The Bertz CT molecular complexity index is 810. The molecule has 1 aromatic heterocycles. The maximum absolute atomic E-state index is 10.3. The van der Waals surface area contributed by atoms with E-state index in [2.05, 4.69) is 73.4 Å². The zero-order chi connectivity index (χ0) is 34.9. The zero-order valence-electron chi connectivity index (χ0n) is 28.2. The number of likely N-dealkylation sites (N-methyl/N-ethyl adjacent to an activating group) is 3. The van der Waals surface area contributed by atoms with Crippen LogP contribution >= 0.6 is 7.82 Å². The predicted molar refractivity (Wildman–Crippen MR) is 158 cm³/mol. The molecule has 0 radical (unpaired) electrons. The van der Waals surface area contributed by atoms with Crippen molar-refractivity contribution < 1.29 is 61.3 Å². The fourth-order valence-corrected chi connectivity index (χ4v) is 1.97. The SMILES string of the molecule is CC(=O)OCC[N+](C)(C)C.CC(=O)OCC[N+](C)(C)C.CC(=O)OCC[N+](C)(C)C.NCCc1cnc[nH]1.O=P([O-])([O-])[O-]. The van der Waals surface area contributed by atoms with Gasteiger partial charge in [0.1, 0.15) is 39.5 Å². The summed E-state index contributed by atoms with van der Waals surface area (Å²) in [6.45, 7) is 9.08. The summed E-state index contributed by atoms with van der Waals surface area (Å²) in [4.78, 5) is 63.3. The van der Waals surface area contributed by atoms with Crippen molar-refractivity contribution in [2.24, 2.45) is 5.73 Å². The van der Waals surface area contributed by atoms with Crippen LogP contribution < -0.4 is 20.4 Å². The molecule has 0 aliphatic rings. The summed E-state index contributed by atoms with van der Waals surface area (Å²) in [7, 11) is 13.1. The Morgan fingerprint density at radius 2 is 1.02 bits per heavy atom. The van der Waals surface area contributed by atoms with Gasteiger partial charge in [0.25, 0.3) is 0 Å². The van der Waals surface area contributed by atoms with E-state index in [4.69, 9.17) is 39.2 Å².